The Morgan fingerprint density at radius 2 is 1.32 bits per heavy atom. The van der Waals surface area contributed by atoms with E-state index in [9.17, 15) is 18.0 Å². The highest BCUT2D eigenvalue weighted by Crippen LogP contribution is 2.31. The van der Waals surface area contributed by atoms with Crippen molar-refractivity contribution in [2.24, 2.45) is 0 Å². The monoisotopic (exact) mass is 882 g/mol. The summed E-state index contributed by atoms with van der Waals surface area (Å²) in [5.41, 5.74) is 3.22. The number of nitrogens with zero attached hydrogens (tertiary/aromatic N) is 9. The molecule has 1 aliphatic heterocycles. The van der Waals surface area contributed by atoms with Crippen LogP contribution in [0.25, 0.3) is 30.6 Å². The van der Waals surface area contributed by atoms with Crippen molar-refractivity contribution in [2.75, 3.05) is 56.4 Å². The Hall–Kier alpha value is -4.33. The van der Waals surface area contributed by atoms with Gasteiger partial charge in [-0.2, -0.15) is 9.97 Å². The fourth-order valence-electron chi connectivity index (χ4n) is 5.52. The van der Waals surface area contributed by atoms with Crippen LogP contribution in [0.4, 0.5) is 30.8 Å². The zero-order chi connectivity index (χ0) is 40.1. The minimum atomic E-state index is -4.74. The van der Waals surface area contributed by atoms with E-state index in [1.165, 1.54) is 35.6 Å². The number of nitrogens with one attached hydrogen (secondary N) is 1. The Morgan fingerprint density at radius 1 is 0.786 bits per heavy atom. The third-order valence-electron chi connectivity index (χ3n) is 8.01. The number of amides is 1. The van der Waals surface area contributed by atoms with Gasteiger partial charge in [-0.25, -0.2) is 19.9 Å². The van der Waals surface area contributed by atoms with E-state index in [1.807, 2.05) is 72.3 Å². The molecule has 0 saturated carbocycles. The molecule has 12 nitrogen and oxygen atoms in total. The van der Waals surface area contributed by atoms with Gasteiger partial charge in [0.25, 0.3) is 0 Å². The van der Waals surface area contributed by atoms with Gasteiger partial charge in [-0.15, -0.1) is 47.2 Å². The highest BCUT2D eigenvalue weighted by molar-refractivity contribution is 7.18. The molecule has 1 N–H and O–H groups in total. The number of likely N-dealkylation sites (tertiary alicyclic amines) is 1. The summed E-state index contributed by atoms with van der Waals surface area (Å²) in [5.74, 6) is 1.86. The number of benzene rings is 1. The highest BCUT2D eigenvalue weighted by atomic mass is 35.5. The summed E-state index contributed by atoms with van der Waals surface area (Å²) in [5, 5.41) is 10.1. The Morgan fingerprint density at radius 3 is 1.91 bits per heavy atom. The van der Waals surface area contributed by atoms with Crippen LogP contribution in [0.5, 0.6) is 5.75 Å². The number of fused-ring (bicyclic) bond motifs is 3. The predicted octanol–water partition coefficient (Wildman–Crippen LogP) is 9.32. The van der Waals surface area contributed by atoms with E-state index in [1.54, 1.807) is 27.6 Å². The van der Waals surface area contributed by atoms with Crippen LogP contribution in [0.15, 0.2) is 58.6 Å². The highest BCUT2D eigenvalue weighted by Gasteiger charge is 2.31. The van der Waals surface area contributed by atoms with Gasteiger partial charge in [0.2, 0.25) is 22.4 Å². The zero-order valence-electron chi connectivity index (χ0n) is 30.0. The van der Waals surface area contributed by atoms with Gasteiger partial charge in [0.1, 0.15) is 5.75 Å². The van der Waals surface area contributed by atoms with Crippen LogP contribution >= 0.6 is 68.8 Å². The second-order valence-corrected chi connectivity index (χ2v) is 16.3. The number of carbonyl (C=O) groups is 1. The lowest BCUT2D eigenvalue weighted by Gasteiger charge is -2.18. The van der Waals surface area contributed by atoms with Crippen LogP contribution in [0, 0.1) is 0 Å². The van der Waals surface area contributed by atoms with E-state index in [0.717, 1.165) is 48.7 Å². The van der Waals surface area contributed by atoms with E-state index in [0.29, 0.717) is 35.0 Å². The van der Waals surface area contributed by atoms with Gasteiger partial charge in [0.15, 0.2) is 16.8 Å². The molecule has 1 amide bonds. The van der Waals surface area contributed by atoms with E-state index in [-0.39, 0.29) is 29.4 Å². The van der Waals surface area contributed by atoms with Gasteiger partial charge < -0.3 is 24.8 Å². The number of alkyl halides is 3. The minimum Gasteiger partial charge on any atom is -0.406 e. The Labute approximate surface area is 345 Å². The minimum absolute atomic E-state index is 0.0209. The average molecular weight is 884 g/mol. The molecule has 0 radical (unpaired) electrons. The van der Waals surface area contributed by atoms with Gasteiger partial charge >= 0.3 is 6.36 Å². The molecule has 1 saturated heterocycles. The molecule has 1 aliphatic rings. The van der Waals surface area contributed by atoms with Gasteiger partial charge in [0, 0.05) is 47.3 Å². The fraction of sp³-hybridized carbons (Fsp3) is 0.286. The Balaban J connectivity index is 0.000000179. The quantitative estimate of drug-likeness (QED) is 0.122. The summed E-state index contributed by atoms with van der Waals surface area (Å²) in [7, 11) is 7.75. The van der Waals surface area contributed by atoms with E-state index in [4.69, 9.17) is 34.8 Å². The van der Waals surface area contributed by atoms with Crippen molar-refractivity contribution in [1.82, 2.24) is 34.8 Å². The number of carbonyl (C=O) groups excluding carboxylic acids is 1. The van der Waals surface area contributed by atoms with Crippen LogP contribution < -0.4 is 19.9 Å². The molecule has 0 aliphatic carbocycles. The summed E-state index contributed by atoms with van der Waals surface area (Å²) in [4.78, 5) is 43.6. The average Bonchev–Trinajstić information content (AvgIpc) is 3.96. The summed E-state index contributed by atoms with van der Waals surface area (Å²) in [6.07, 6.45) is -3.87. The summed E-state index contributed by atoms with van der Waals surface area (Å²) in [6, 6.07) is 11.1. The van der Waals surface area contributed by atoms with Crippen molar-refractivity contribution in [1.29, 1.82) is 0 Å². The fourth-order valence-corrected chi connectivity index (χ4v) is 8.74. The molecule has 7 aromatic rings. The first-order valence-electron chi connectivity index (χ1n) is 16.6. The number of hydrogen-bond acceptors (Lipinski definition) is 14. The van der Waals surface area contributed by atoms with Crippen LogP contribution in [-0.2, 0) is 11.2 Å². The first-order valence-corrected chi connectivity index (χ1v) is 20.4. The lowest BCUT2D eigenvalue weighted by molar-refractivity contribution is -0.274. The largest absolute Gasteiger partial charge is 0.573 e. The second kappa shape index (κ2) is 17.9. The molecule has 0 unspecified atom stereocenters. The van der Waals surface area contributed by atoms with Crippen molar-refractivity contribution in [3.8, 4) is 5.75 Å². The zero-order valence-corrected chi connectivity index (χ0v) is 34.7. The molecule has 1 aromatic carbocycles. The SMILES string of the molecule is CN(C)c1nc(Cl)nc2ccsc12.CN(C)c1nc(N[C@H]2CCN(C(=O)Cc3ccc(OC(F)(F)F)cc3)C2)nc2ccsc12.Clc1nc(Cl)c2sccc2n1. The van der Waals surface area contributed by atoms with Gasteiger partial charge in [-0.05, 0) is 81.7 Å². The van der Waals surface area contributed by atoms with Crippen molar-refractivity contribution < 1.29 is 22.7 Å². The van der Waals surface area contributed by atoms with E-state index < -0.39 is 6.36 Å². The van der Waals surface area contributed by atoms with Crippen LogP contribution in [0.3, 0.4) is 0 Å². The van der Waals surface area contributed by atoms with Crippen LogP contribution in [-0.4, -0.2) is 94.4 Å². The molecule has 56 heavy (non-hydrogen) atoms. The summed E-state index contributed by atoms with van der Waals surface area (Å²) < 4.78 is 43.7. The Kier molecular flexibility index (Phi) is 13.2. The molecular formula is C35H32Cl3F3N10O2S3. The van der Waals surface area contributed by atoms with Crippen molar-refractivity contribution in [3.05, 3.63) is 79.9 Å². The molecule has 1 fully saturated rings. The first kappa shape index (κ1) is 41.3. The topological polar surface area (TPSA) is 125 Å². The molecule has 8 rings (SSSR count). The van der Waals surface area contributed by atoms with E-state index >= 15 is 0 Å². The normalized spacial score (nSPS) is 14.0. The summed E-state index contributed by atoms with van der Waals surface area (Å²) >= 11 is 21.9. The maximum Gasteiger partial charge on any atom is 0.573 e. The smallest absolute Gasteiger partial charge is 0.406 e. The van der Waals surface area contributed by atoms with Crippen molar-refractivity contribution in [2.45, 2.75) is 25.2 Å². The van der Waals surface area contributed by atoms with E-state index in [2.05, 4.69) is 40.0 Å². The van der Waals surface area contributed by atoms with Gasteiger partial charge in [-0.3, -0.25) is 4.79 Å². The van der Waals surface area contributed by atoms with Crippen LogP contribution in [0.1, 0.15) is 12.0 Å². The lowest BCUT2D eigenvalue weighted by Crippen LogP contribution is -2.33. The molecule has 0 spiro atoms. The lowest BCUT2D eigenvalue weighted by atomic mass is 10.1. The number of ether oxygens (including phenoxy) is 1. The predicted molar refractivity (Wildman–Crippen MR) is 221 cm³/mol. The molecular weight excluding hydrogens is 852 g/mol. The first-order chi connectivity index (χ1) is 26.6. The van der Waals surface area contributed by atoms with Crippen LogP contribution in [0.2, 0.25) is 15.7 Å². The molecule has 1 atom stereocenters. The van der Waals surface area contributed by atoms with Gasteiger partial charge in [0.05, 0.1) is 37.1 Å². The van der Waals surface area contributed by atoms with Crippen molar-refractivity contribution >= 4 is 123 Å². The maximum atomic E-state index is 12.7. The number of rotatable bonds is 7. The summed E-state index contributed by atoms with van der Waals surface area (Å²) in [6.45, 7) is 1.10. The second-order valence-electron chi connectivity index (χ2n) is 12.5. The van der Waals surface area contributed by atoms with Crippen molar-refractivity contribution in [3.63, 3.8) is 0 Å². The molecule has 6 aromatic heterocycles. The third kappa shape index (κ3) is 10.5. The molecule has 0 bridgehead atoms. The standard InChI is InChI=1S/C21H22F3N5O2S.C8H8ClN3S.C6H2Cl2N2S/c1-28(2)19-18-16(8-10-32-18)26-20(27-19)25-14-7-9-29(12-14)17(30)11-13-3-5-15(6-4-13)31-21(22,23)24;1-12(2)7-6-5(3-4-13-6)10-8(9)11-7;7-5-4-3(1-2-11-4)9-6(8)10-5/h3-6,8,10,14H,7,9,11-12H2,1-2H3,(H,25,26,27);3-4H,1-2H3;1-2H/t14-;;/m0../s1. The molecule has 21 heteroatoms. The number of thiophene rings is 3. The maximum absolute atomic E-state index is 12.7. The Bertz CT molecular complexity index is 2450. The third-order valence-corrected chi connectivity index (χ3v) is 11.4. The van der Waals surface area contributed by atoms with Gasteiger partial charge in [-0.1, -0.05) is 23.7 Å². The number of halogens is 6. The molecule has 294 valence electrons. The number of hydrogen-bond donors (Lipinski definition) is 1. The number of anilines is 3. The molecule has 7 heterocycles. The number of aromatic nitrogens is 6.